The summed E-state index contributed by atoms with van der Waals surface area (Å²) in [5.74, 6) is -0.0270. The normalized spacial score (nSPS) is 21.9. The first-order valence-electron chi connectivity index (χ1n) is 10.4. The number of anilines is 1. The molecule has 0 bridgehead atoms. The Morgan fingerprint density at radius 3 is 2.59 bits per heavy atom. The van der Waals surface area contributed by atoms with Gasteiger partial charge in [-0.05, 0) is 18.2 Å². The third-order valence-electron chi connectivity index (χ3n) is 5.92. The second kappa shape index (κ2) is 8.59. The van der Waals surface area contributed by atoms with Crippen LogP contribution in [0.25, 0.3) is 0 Å². The fourth-order valence-electron chi connectivity index (χ4n) is 4.36. The van der Waals surface area contributed by atoms with E-state index in [1.807, 2.05) is 35.2 Å². The highest BCUT2D eigenvalue weighted by atomic mass is 32.2. The number of hydrogen-bond donors (Lipinski definition) is 1. The fraction of sp³-hybridized carbons (Fsp3) is 0.200. The summed E-state index contributed by atoms with van der Waals surface area (Å²) in [4.78, 5) is 44.6. The molecule has 0 radical (unpaired) electrons. The number of ketones is 1. The molecule has 0 spiro atoms. The molecule has 160 valence electrons. The van der Waals surface area contributed by atoms with Crippen molar-refractivity contribution in [2.75, 3.05) is 11.1 Å². The molecule has 2 aromatic carbocycles. The van der Waals surface area contributed by atoms with Crippen molar-refractivity contribution in [3.63, 3.8) is 0 Å². The van der Waals surface area contributed by atoms with Gasteiger partial charge in [0.15, 0.2) is 5.78 Å². The number of amides is 2. The summed E-state index contributed by atoms with van der Waals surface area (Å²) in [7, 11) is 0. The molecule has 0 saturated carbocycles. The number of carbonyl (C=O) groups excluding carboxylic acids is 3. The Morgan fingerprint density at radius 1 is 1.00 bits per heavy atom. The monoisotopic (exact) mass is 443 g/mol. The lowest BCUT2D eigenvalue weighted by Crippen LogP contribution is -2.36. The Morgan fingerprint density at radius 2 is 1.81 bits per heavy atom. The van der Waals surface area contributed by atoms with E-state index in [2.05, 4.69) is 10.3 Å². The van der Waals surface area contributed by atoms with Crippen LogP contribution in [0.5, 0.6) is 0 Å². The zero-order valence-electron chi connectivity index (χ0n) is 17.2. The van der Waals surface area contributed by atoms with Crippen molar-refractivity contribution in [2.45, 2.75) is 17.8 Å². The van der Waals surface area contributed by atoms with E-state index in [4.69, 9.17) is 0 Å². The third-order valence-corrected chi connectivity index (χ3v) is 7.27. The molecule has 3 atom stereocenters. The molecule has 5 rings (SSSR count). The summed E-state index contributed by atoms with van der Waals surface area (Å²) >= 11 is 1.66. The van der Waals surface area contributed by atoms with Crippen LogP contribution < -0.4 is 5.32 Å². The van der Waals surface area contributed by atoms with Crippen LogP contribution in [0.15, 0.2) is 79.1 Å². The molecule has 1 aromatic heterocycles. The van der Waals surface area contributed by atoms with Crippen LogP contribution in [0.4, 0.5) is 5.69 Å². The van der Waals surface area contributed by atoms with Crippen molar-refractivity contribution >= 4 is 35.0 Å². The van der Waals surface area contributed by atoms with Crippen molar-refractivity contribution in [1.29, 1.82) is 0 Å². The van der Waals surface area contributed by atoms with Crippen LogP contribution in [0.2, 0.25) is 0 Å². The molecule has 1 N–H and O–H groups in total. The van der Waals surface area contributed by atoms with Crippen molar-refractivity contribution in [1.82, 2.24) is 9.88 Å². The summed E-state index contributed by atoms with van der Waals surface area (Å²) in [6, 6.07) is 19.6. The van der Waals surface area contributed by atoms with Crippen molar-refractivity contribution in [3.05, 3.63) is 95.8 Å². The maximum absolute atomic E-state index is 13.1. The van der Waals surface area contributed by atoms with Crippen LogP contribution in [0, 0.1) is 5.92 Å². The molecule has 0 aliphatic carbocycles. The molecule has 2 fully saturated rings. The number of carbonyl (C=O) groups is 3. The van der Waals surface area contributed by atoms with Gasteiger partial charge in [-0.25, -0.2) is 0 Å². The molecular weight excluding hydrogens is 422 g/mol. The second-order valence-electron chi connectivity index (χ2n) is 7.92. The fourth-order valence-corrected chi connectivity index (χ4v) is 5.89. The van der Waals surface area contributed by atoms with Gasteiger partial charge >= 0.3 is 0 Å². The van der Waals surface area contributed by atoms with Crippen molar-refractivity contribution in [3.8, 4) is 0 Å². The lowest BCUT2D eigenvalue weighted by molar-refractivity contribution is -0.129. The number of aromatic nitrogens is 1. The number of pyridine rings is 1. The van der Waals surface area contributed by atoms with E-state index < -0.39 is 5.92 Å². The summed E-state index contributed by atoms with van der Waals surface area (Å²) in [6.07, 6.45) is 3.67. The van der Waals surface area contributed by atoms with Crippen molar-refractivity contribution < 1.29 is 14.4 Å². The number of thioether (sulfide) groups is 1. The lowest BCUT2D eigenvalue weighted by Gasteiger charge is -2.24. The summed E-state index contributed by atoms with van der Waals surface area (Å²) in [5.41, 5.74) is 2.63. The zero-order chi connectivity index (χ0) is 22.1. The molecular formula is C25H21N3O3S. The van der Waals surface area contributed by atoms with E-state index in [1.165, 1.54) is 0 Å². The average Bonchev–Trinajstić information content (AvgIpc) is 3.41. The van der Waals surface area contributed by atoms with E-state index >= 15 is 0 Å². The maximum atomic E-state index is 13.1. The van der Waals surface area contributed by atoms with Gasteiger partial charge in [0.2, 0.25) is 11.8 Å². The molecule has 3 aromatic rings. The lowest BCUT2D eigenvalue weighted by atomic mass is 9.99. The SMILES string of the molecule is O=C(c1ccccc1)c1cccc(NC(=O)[C@@H]2CC(=O)N3[C@H](c4cccnc4)SC[C@@H]23)c1. The van der Waals surface area contributed by atoms with E-state index in [0.717, 1.165) is 5.56 Å². The highest BCUT2D eigenvalue weighted by Gasteiger charge is 2.50. The van der Waals surface area contributed by atoms with Gasteiger partial charge in [-0.15, -0.1) is 11.8 Å². The van der Waals surface area contributed by atoms with Crippen LogP contribution in [-0.4, -0.2) is 39.3 Å². The zero-order valence-corrected chi connectivity index (χ0v) is 18.0. The van der Waals surface area contributed by atoms with Gasteiger partial charge in [-0.1, -0.05) is 48.5 Å². The Hall–Kier alpha value is -3.45. The number of nitrogens with zero attached hydrogens (tertiary/aromatic N) is 2. The first-order valence-corrected chi connectivity index (χ1v) is 11.5. The highest BCUT2D eigenvalue weighted by Crippen LogP contribution is 2.47. The molecule has 32 heavy (non-hydrogen) atoms. The first kappa shape index (κ1) is 20.5. The Bertz CT molecular complexity index is 1170. The van der Waals surface area contributed by atoms with Crippen LogP contribution in [0.3, 0.4) is 0 Å². The van der Waals surface area contributed by atoms with E-state index in [9.17, 15) is 14.4 Å². The van der Waals surface area contributed by atoms with Crippen LogP contribution >= 0.6 is 11.8 Å². The molecule has 6 nitrogen and oxygen atoms in total. The molecule has 2 aliphatic rings. The van der Waals surface area contributed by atoms with E-state index in [1.54, 1.807) is 60.6 Å². The minimum absolute atomic E-state index is 0.0120. The van der Waals surface area contributed by atoms with Crippen LogP contribution in [-0.2, 0) is 9.59 Å². The average molecular weight is 444 g/mol. The predicted octanol–water partition coefficient (Wildman–Crippen LogP) is 3.91. The Labute approximate surface area is 190 Å². The predicted molar refractivity (Wildman–Crippen MR) is 123 cm³/mol. The maximum Gasteiger partial charge on any atom is 0.230 e. The van der Waals surface area contributed by atoms with Gasteiger partial charge in [-0.3, -0.25) is 19.4 Å². The number of rotatable bonds is 5. The summed E-state index contributed by atoms with van der Waals surface area (Å²) in [5, 5.41) is 2.82. The van der Waals surface area contributed by atoms with E-state index in [-0.39, 0.29) is 35.4 Å². The molecule has 2 saturated heterocycles. The highest BCUT2D eigenvalue weighted by molar-refractivity contribution is 7.99. The number of nitrogens with one attached hydrogen (secondary N) is 1. The van der Waals surface area contributed by atoms with Gasteiger partial charge in [0.25, 0.3) is 0 Å². The third kappa shape index (κ3) is 3.80. The topological polar surface area (TPSA) is 79.4 Å². The summed E-state index contributed by atoms with van der Waals surface area (Å²) < 4.78 is 0. The molecule has 7 heteroatoms. The smallest absolute Gasteiger partial charge is 0.230 e. The van der Waals surface area contributed by atoms with Gasteiger partial charge in [0.05, 0.1) is 12.0 Å². The van der Waals surface area contributed by atoms with Gasteiger partial charge in [-0.2, -0.15) is 0 Å². The van der Waals surface area contributed by atoms with Gasteiger partial charge in [0, 0.05) is 46.9 Å². The van der Waals surface area contributed by atoms with Gasteiger partial charge in [0.1, 0.15) is 5.37 Å². The molecule has 2 amide bonds. The quantitative estimate of drug-likeness (QED) is 0.605. The Balaban J connectivity index is 1.31. The standard InChI is InChI=1S/C25H21N3O3S/c29-22-13-20(21-15-32-25(28(21)22)18-9-5-11-26-14-18)24(31)27-19-10-4-8-17(12-19)23(30)16-6-2-1-3-7-16/h1-12,14,20-21,25H,13,15H2,(H,27,31)/t20-,21+,25+/m1/s1. The number of benzene rings is 2. The second-order valence-corrected chi connectivity index (χ2v) is 9.03. The molecule has 2 aliphatic heterocycles. The summed E-state index contributed by atoms with van der Waals surface area (Å²) in [6.45, 7) is 0. The minimum Gasteiger partial charge on any atom is -0.326 e. The van der Waals surface area contributed by atoms with Crippen molar-refractivity contribution in [2.24, 2.45) is 5.92 Å². The number of hydrogen-bond acceptors (Lipinski definition) is 5. The largest absolute Gasteiger partial charge is 0.326 e. The number of fused-ring (bicyclic) bond motifs is 1. The molecule has 0 unspecified atom stereocenters. The van der Waals surface area contributed by atoms with E-state index in [0.29, 0.717) is 22.6 Å². The minimum atomic E-state index is -0.426. The molecule has 3 heterocycles. The first-order chi connectivity index (χ1) is 15.6. The Kier molecular flexibility index (Phi) is 5.49. The van der Waals surface area contributed by atoms with Gasteiger partial charge < -0.3 is 10.2 Å². The van der Waals surface area contributed by atoms with Crippen LogP contribution in [0.1, 0.15) is 33.3 Å².